The second kappa shape index (κ2) is 9.49. The average Bonchev–Trinajstić information content (AvgIpc) is 2.88. The minimum Gasteiger partial charge on any atom is -0.493 e. The van der Waals surface area contributed by atoms with Crippen LogP contribution < -0.4 is 9.47 Å². The van der Waals surface area contributed by atoms with E-state index in [2.05, 4.69) is 0 Å². The molecule has 0 amide bonds. The van der Waals surface area contributed by atoms with Gasteiger partial charge in [0.2, 0.25) is 5.75 Å². The summed E-state index contributed by atoms with van der Waals surface area (Å²) >= 11 is 0. The fourth-order valence-electron chi connectivity index (χ4n) is 5.07. The van der Waals surface area contributed by atoms with Crippen LogP contribution in [0.25, 0.3) is 0 Å². The third-order valence-corrected chi connectivity index (χ3v) is 6.73. The largest absolute Gasteiger partial charge is 0.493 e. The van der Waals surface area contributed by atoms with Crippen LogP contribution in [0.3, 0.4) is 0 Å². The average molecular weight is 506 g/mol. The summed E-state index contributed by atoms with van der Waals surface area (Å²) in [4.78, 5) is 47.0. The first-order valence-corrected chi connectivity index (χ1v) is 11.8. The van der Waals surface area contributed by atoms with Gasteiger partial charge in [-0.25, -0.2) is 0 Å². The Morgan fingerprint density at radius 3 is 2.00 bits per heavy atom. The van der Waals surface area contributed by atoms with Crippen molar-refractivity contribution in [1.82, 2.24) is 0 Å². The maximum absolute atomic E-state index is 13.0. The number of methoxy groups -OCH3 is 1. The Labute approximate surface area is 210 Å². The van der Waals surface area contributed by atoms with Crippen molar-refractivity contribution in [1.29, 1.82) is 0 Å². The lowest BCUT2D eigenvalue weighted by atomic mass is 9.73. The van der Waals surface area contributed by atoms with Crippen molar-refractivity contribution in [3.05, 3.63) is 84.9 Å². The molecule has 3 aliphatic rings. The SMILES string of the molecule is COc1cc(C2C3=C(CCCC3=O)OC3=C2C(=O)CCC3)ccc1Oc1ccc([N+](=O)[O-])cc1[N+](=O)[O-]. The van der Waals surface area contributed by atoms with E-state index in [-0.39, 0.29) is 28.8 Å². The summed E-state index contributed by atoms with van der Waals surface area (Å²) in [6.45, 7) is 0. The lowest BCUT2D eigenvalue weighted by Crippen LogP contribution is -2.30. The zero-order valence-corrected chi connectivity index (χ0v) is 19.9. The number of nitro groups is 2. The van der Waals surface area contributed by atoms with Crippen molar-refractivity contribution in [3.63, 3.8) is 0 Å². The molecule has 2 aromatic carbocycles. The molecule has 0 bridgehead atoms. The van der Waals surface area contributed by atoms with Gasteiger partial charge in [-0.3, -0.25) is 29.8 Å². The van der Waals surface area contributed by atoms with Crippen LogP contribution in [0.4, 0.5) is 11.4 Å². The number of non-ortho nitro benzene ring substituents is 1. The zero-order valence-electron chi connectivity index (χ0n) is 19.9. The Kier molecular flexibility index (Phi) is 6.20. The lowest BCUT2D eigenvalue weighted by molar-refractivity contribution is -0.394. The second-order valence-electron chi connectivity index (χ2n) is 8.94. The molecule has 0 N–H and O–H groups in total. The van der Waals surface area contributed by atoms with E-state index in [1.807, 2.05) is 0 Å². The number of benzene rings is 2. The smallest absolute Gasteiger partial charge is 0.318 e. The molecule has 0 saturated carbocycles. The zero-order chi connectivity index (χ0) is 26.3. The van der Waals surface area contributed by atoms with Gasteiger partial charge in [0.25, 0.3) is 5.69 Å². The summed E-state index contributed by atoms with van der Waals surface area (Å²) in [6.07, 6.45) is 3.35. The van der Waals surface area contributed by atoms with Gasteiger partial charge in [0.1, 0.15) is 11.5 Å². The van der Waals surface area contributed by atoms with E-state index in [4.69, 9.17) is 14.2 Å². The maximum Gasteiger partial charge on any atom is 0.318 e. The van der Waals surface area contributed by atoms with Crippen molar-refractivity contribution < 1.29 is 33.6 Å². The number of ether oxygens (including phenoxy) is 3. The molecule has 0 unspecified atom stereocenters. The Hall–Kier alpha value is -4.54. The summed E-state index contributed by atoms with van der Waals surface area (Å²) in [5.74, 6) is 0.639. The standard InChI is InChI=1S/C26H22N2O9/c1-35-23-12-14(8-10-20(23)36-19-11-9-15(27(31)32)13-16(19)28(33)34)24-25-17(29)4-2-6-21(25)37-22-7-3-5-18(30)26(22)24/h8-13,24H,2-7H2,1H3. The molecule has 5 rings (SSSR count). The fourth-order valence-corrected chi connectivity index (χ4v) is 5.07. The minimum absolute atomic E-state index is 0.0584. The van der Waals surface area contributed by atoms with Crippen molar-refractivity contribution in [2.45, 2.75) is 44.4 Å². The first kappa shape index (κ1) is 24.2. The molecule has 11 nitrogen and oxygen atoms in total. The Morgan fingerprint density at radius 2 is 1.43 bits per heavy atom. The van der Waals surface area contributed by atoms with E-state index in [0.717, 1.165) is 18.2 Å². The topological polar surface area (TPSA) is 148 Å². The highest BCUT2D eigenvalue weighted by atomic mass is 16.6. The van der Waals surface area contributed by atoms with Gasteiger partial charge in [0.15, 0.2) is 23.1 Å². The van der Waals surface area contributed by atoms with Crippen LogP contribution in [-0.4, -0.2) is 28.5 Å². The normalized spacial score (nSPS) is 17.6. The van der Waals surface area contributed by atoms with E-state index < -0.39 is 27.1 Å². The molecule has 37 heavy (non-hydrogen) atoms. The van der Waals surface area contributed by atoms with Crippen molar-refractivity contribution in [3.8, 4) is 17.2 Å². The number of carbonyl (C=O) groups is 2. The van der Waals surface area contributed by atoms with Crippen LogP contribution >= 0.6 is 0 Å². The molecule has 190 valence electrons. The first-order valence-electron chi connectivity index (χ1n) is 11.8. The molecular weight excluding hydrogens is 484 g/mol. The highest BCUT2D eigenvalue weighted by Gasteiger charge is 2.42. The third kappa shape index (κ3) is 4.32. The van der Waals surface area contributed by atoms with E-state index in [0.29, 0.717) is 66.8 Å². The van der Waals surface area contributed by atoms with Gasteiger partial charge < -0.3 is 14.2 Å². The van der Waals surface area contributed by atoms with Gasteiger partial charge >= 0.3 is 5.69 Å². The van der Waals surface area contributed by atoms with Crippen molar-refractivity contribution in [2.75, 3.05) is 7.11 Å². The number of hydrogen-bond acceptors (Lipinski definition) is 9. The number of nitro benzene ring substituents is 2. The van der Waals surface area contributed by atoms with E-state index in [1.54, 1.807) is 12.1 Å². The molecule has 1 heterocycles. The van der Waals surface area contributed by atoms with Crippen LogP contribution in [0, 0.1) is 20.2 Å². The predicted octanol–water partition coefficient (Wildman–Crippen LogP) is 5.43. The predicted molar refractivity (Wildman–Crippen MR) is 128 cm³/mol. The maximum atomic E-state index is 13.0. The fraction of sp³-hybridized carbons (Fsp3) is 0.308. The van der Waals surface area contributed by atoms with Crippen molar-refractivity contribution in [2.24, 2.45) is 0 Å². The molecule has 0 fully saturated rings. The monoisotopic (exact) mass is 506 g/mol. The van der Waals surface area contributed by atoms with Crippen LogP contribution in [0.15, 0.2) is 59.1 Å². The summed E-state index contributed by atoms with van der Waals surface area (Å²) in [5, 5.41) is 22.6. The minimum atomic E-state index is -0.767. The summed E-state index contributed by atoms with van der Waals surface area (Å²) in [7, 11) is 1.40. The molecule has 0 atom stereocenters. The summed E-state index contributed by atoms with van der Waals surface area (Å²) in [5.41, 5.74) is 0.596. The van der Waals surface area contributed by atoms with Gasteiger partial charge in [-0.05, 0) is 36.6 Å². The van der Waals surface area contributed by atoms with E-state index in [9.17, 15) is 29.8 Å². The number of hydrogen-bond donors (Lipinski definition) is 0. The number of ketones is 2. The number of allylic oxidation sites excluding steroid dienone is 4. The molecule has 2 aromatic rings. The molecule has 0 spiro atoms. The molecular formula is C26H22N2O9. The Bertz CT molecular complexity index is 1380. The molecule has 11 heteroatoms. The van der Waals surface area contributed by atoms with Gasteiger partial charge in [-0.1, -0.05) is 6.07 Å². The highest BCUT2D eigenvalue weighted by molar-refractivity contribution is 6.05. The Morgan fingerprint density at radius 1 is 0.811 bits per heavy atom. The number of rotatable bonds is 6. The molecule has 0 saturated heterocycles. The molecule has 0 aromatic heterocycles. The number of nitrogens with zero attached hydrogens (tertiary/aromatic N) is 2. The van der Waals surface area contributed by atoms with Crippen molar-refractivity contribution >= 4 is 22.9 Å². The molecule has 1 aliphatic heterocycles. The van der Waals surface area contributed by atoms with Gasteiger partial charge in [-0.2, -0.15) is 0 Å². The summed E-state index contributed by atoms with van der Waals surface area (Å²) in [6, 6.07) is 7.94. The molecule has 2 aliphatic carbocycles. The second-order valence-corrected chi connectivity index (χ2v) is 8.94. The third-order valence-electron chi connectivity index (χ3n) is 6.73. The van der Waals surface area contributed by atoms with Crippen LogP contribution in [0.2, 0.25) is 0 Å². The Balaban J connectivity index is 1.57. The van der Waals surface area contributed by atoms with E-state index in [1.165, 1.54) is 13.2 Å². The number of Topliss-reactive ketones (excluding diaryl/α,β-unsaturated/α-hetero) is 2. The van der Waals surface area contributed by atoms with Gasteiger partial charge in [0, 0.05) is 48.8 Å². The number of carbonyl (C=O) groups excluding carboxylic acids is 2. The first-order chi connectivity index (χ1) is 17.8. The summed E-state index contributed by atoms with van der Waals surface area (Å²) < 4.78 is 17.3. The lowest BCUT2D eigenvalue weighted by Gasteiger charge is -2.36. The highest BCUT2D eigenvalue weighted by Crippen LogP contribution is 2.49. The quantitative estimate of drug-likeness (QED) is 0.369. The van der Waals surface area contributed by atoms with E-state index >= 15 is 0 Å². The van der Waals surface area contributed by atoms with Gasteiger partial charge in [-0.15, -0.1) is 0 Å². The van der Waals surface area contributed by atoms with Crippen LogP contribution in [0.5, 0.6) is 17.2 Å². The van der Waals surface area contributed by atoms with Gasteiger partial charge in [0.05, 0.1) is 23.0 Å². The molecule has 0 radical (unpaired) electrons. The van der Waals surface area contributed by atoms with Crippen LogP contribution in [-0.2, 0) is 14.3 Å². The van der Waals surface area contributed by atoms with Crippen LogP contribution in [0.1, 0.15) is 50.0 Å².